The Morgan fingerprint density at radius 3 is 2.65 bits per heavy atom. The number of rotatable bonds is 4. The van der Waals surface area contributed by atoms with Gasteiger partial charge in [0, 0.05) is 57.8 Å². The first kappa shape index (κ1) is 27.4. The van der Waals surface area contributed by atoms with Crippen molar-refractivity contribution in [2.45, 2.75) is 57.3 Å². The van der Waals surface area contributed by atoms with Gasteiger partial charge in [0.05, 0.1) is 15.4 Å². The summed E-state index contributed by atoms with van der Waals surface area (Å²) in [5, 5.41) is 5.69. The molecule has 3 saturated heterocycles. The van der Waals surface area contributed by atoms with Crippen LogP contribution in [0.15, 0.2) is 10.7 Å². The van der Waals surface area contributed by atoms with Crippen LogP contribution in [0.3, 0.4) is 0 Å². The number of piperazine rings is 1. The molecule has 1 aromatic carbocycles. The molecule has 2 atom stereocenters. The smallest absolute Gasteiger partial charge is 0.410 e. The van der Waals surface area contributed by atoms with E-state index in [4.69, 9.17) is 14.5 Å². The van der Waals surface area contributed by atoms with Crippen molar-refractivity contribution in [1.29, 1.82) is 0 Å². The number of amides is 1. The van der Waals surface area contributed by atoms with Gasteiger partial charge in [-0.15, -0.1) is 0 Å². The van der Waals surface area contributed by atoms with Gasteiger partial charge in [-0.25, -0.2) is 13.6 Å². The van der Waals surface area contributed by atoms with Crippen LogP contribution < -0.4 is 9.64 Å². The fourth-order valence-electron chi connectivity index (χ4n) is 6.25. The number of halogens is 3. The summed E-state index contributed by atoms with van der Waals surface area (Å²) in [4.78, 5) is 27.8. The number of aromatic nitrogens is 4. The molecule has 0 aliphatic carbocycles. The highest BCUT2D eigenvalue weighted by molar-refractivity contribution is 9.10. The molecule has 0 radical (unpaired) electrons. The zero-order valence-electron chi connectivity index (χ0n) is 23.2. The maximum absolute atomic E-state index is 15.8. The van der Waals surface area contributed by atoms with Crippen LogP contribution >= 0.6 is 15.9 Å². The van der Waals surface area contributed by atoms with Gasteiger partial charge in [0.15, 0.2) is 5.82 Å². The van der Waals surface area contributed by atoms with Gasteiger partial charge in [-0.3, -0.25) is 9.58 Å². The monoisotopic (exact) mass is 621 g/mol. The lowest BCUT2D eigenvalue weighted by Crippen LogP contribution is -2.50. The normalized spacial score (nSPS) is 23.8. The van der Waals surface area contributed by atoms with Gasteiger partial charge >= 0.3 is 12.1 Å². The number of aryl methyl sites for hydroxylation is 1. The molecule has 40 heavy (non-hydrogen) atoms. The zero-order valence-corrected chi connectivity index (χ0v) is 24.8. The second kappa shape index (κ2) is 9.93. The van der Waals surface area contributed by atoms with Crippen LogP contribution in [0.25, 0.3) is 21.8 Å². The van der Waals surface area contributed by atoms with E-state index in [1.807, 2.05) is 31.9 Å². The van der Waals surface area contributed by atoms with Gasteiger partial charge in [0.1, 0.15) is 35.2 Å². The standard InChI is InChI=1S/C27H34BrF2N7O3/c1-26(2,3)40-25(38)36-10-8-35(9-11-36)23-18-17-14-34(4)33-21(17)19(28)20(30)22(18)31-24(32-23)39-15-27-6-5-7-37(27)13-16(29)12-27/h14,16H,5-13,15H2,1-4H3/t16-,27+/m1/s1. The summed E-state index contributed by atoms with van der Waals surface area (Å²) in [6.07, 6.45) is 2.82. The summed E-state index contributed by atoms with van der Waals surface area (Å²) < 4.78 is 43.7. The Kier molecular flexibility index (Phi) is 6.80. The molecular weight excluding hydrogens is 588 g/mol. The van der Waals surface area contributed by atoms with Crippen LogP contribution in [0.2, 0.25) is 0 Å². The van der Waals surface area contributed by atoms with E-state index in [2.05, 4.69) is 30.9 Å². The number of carbonyl (C=O) groups is 1. The Hall–Kier alpha value is -2.80. The van der Waals surface area contributed by atoms with Gasteiger partial charge in [0.25, 0.3) is 0 Å². The molecule has 6 rings (SSSR count). The van der Waals surface area contributed by atoms with Crippen LogP contribution in [0.1, 0.15) is 40.0 Å². The molecule has 2 aromatic heterocycles. The van der Waals surface area contributed by atoms with Crippen LogP contribution in [-0.2, 0) is 11.8 Å². The first-order valence-corrected chi connectivity index (χ1v) is 14.5. The fraction of sp³-hybridized carbons (Fsp3) is 0.630. The number of anilines is 1. The van der Waals surface area contributed by atoms with Gasteiger partial charge in [-0.2, -0.15) is 15.1 Å². The SMILES string of the molecule is Cn1cc2c(n1)c(Br)c(F)c1nc(OC[C@@]34CCCN3C[C@H](F)C4)nc(N3CCN(C(=O)OC(C)(C)C)CC3)c12. The van der Waals surface area contributed by atoms with Crippen LogP contribution in [0, 0.1) is 5.82 Å². The van der Waals surface area contributed by atoms with E-state index in [9.17, 15) is 9.18 Å². The van der Waals surface area contributed by atoms with E-state index in [-0.39, 0.29) is 34.2 Å². The van der Waals surface area contributed by atoms with Crippen molar-refractivity contribution in [2.75, 3.05) is 50.8 Å². The number of hydrogen-bond acceptors (Lipinski definition) is 8. The molecule has 216 valence electrons. The molecule has 3 aliphatic rings. The molecule has 3 aromatic rings. The maximum atomic E-state index is 15.8. The van der Waals surface area contributed by atoms with Gasteiger partial charge in [-0.1, -0.05) is 0 Å². The Balaban J connectivity index is 1.36. The Morgan fingerprint density at radius 2 is 1.93 bits per heavy atom. The fourth-order valence-corrected chi connectivity index (χ4v) is 6.73. The summed E-state index contributed by atoms with van der Waals surface area (Å²) in [6, 6.07) is 0.0506. The highest BCUT2D eigenvalue weighted by Gasteiger charge is 2.49. The third kappa shape index (κ3) is 4.84. The van der Waals surface area contributed by atoms with Crippen molar-refractivity contribution >= 4 is 49.6 Å². The molecule has 10 nitrogen and oxygen atoms in total. The maximum Gasteiger partial charge on any atom is 0.410 e. The molecule has 0 spiro atoms. The van der Waals surface area contributed by atoms with Gasteiger partial charge in [-0.05, 0) is 56.1 Å². The summed E-state index contributed by atoms with van der Waals surface area (Å²) in [5.41, 5.74) is -0.379. The van der Waals surface area contributed by atoms with E-state index in [1.165, 1.54) is 0 Å². The minimum absolute atomic E-state index is 0.0506. The van der Waals surface area contributed by atoms with Crippen LogP contribution in [0.5, 0.6) is 6.01 Å². The lowest BCUT2D eigenvalue weighted by atomic mass is 9.95. The predicted molar refractivity (Wildman–Crippen MR) is 150 cm³/mol. The third-order valence-corrected chi connectivity index (χ3v) is 8.76. The largest absolute Gasteiger partial charge is 0.461 e. The number of ether oxygens (including phenoxy) is 2. The number of nitrogens with zero attached hydrogens (tertiary/aromatic N) is 7. The average molecular weight is 623 g/mol. The topological polar surface area (TPSA) is 88.9 Å². The van der Waals surface area contributed by atoms with Gasteiger partial charge < -0.3 is 19.3 Å². The number of carbonyl (C=O) groups excluding carboxylic acids is 1. The first-order valence-electron chi connectivity index (χ1n) is 13.7. The van der Waals surface area contributed by atoms with Crippen LogP contribution in [0.4, 0.5) is 19.4 Å². The highest BCUT2D eigenvalue weighted by atomic mass is 79.9. The molecule has 0 bridgehead atoms. The second-order valence-corrected chi connectivity index (χ2v) is 12.9. The molecule has 3 aliphatic heterocycles. The minimum atomic E-state index is -0.884. The van der Waals surface area contributed by atoms with Crippen molar-refractivity contribution < 1.29 is 23.0 Å². The lowest BCUT2D eigenvalue weighted by molar-refractivity contribution is 0.0240. The zero-order chi connectivity index (χ0) is 28.4. The third-order valence-electron chi connectivity index (χ3n) is 8.04. The van der Waals surface area contributed by atoms with E-state index < -0.39 is 17.6 Å². The van der Waals surface area contributed by atoms with Crippen LogP contribution in [-0.4, -0.2) is 98.8 Å². The van der Waals surface area contributed by atoms with Gasteiger partial charge in [0.2, 0.25) is 0 Å². The Bertz CT molecular complexity index is 1470. The van der Waals surface area contributed by atoms with E-state index in [0.717, 1.165) is 19.4 Å². The number of fused-ring (bicyclic) bond motifs is 4. The number of alkyl halides is 1. The van der Waals surface area contributed by atoms with E-state index in [0.29, 0.717) is 61.3 Å². The molecular formula is C27H34BrF2N7O3. The molecule has 3 fully saturated rings. The van der Waals surface area contributed by atoms with E-state index in [1.54, 1.807) is 16.6 Å². The molecule has 0 N–H and O–H groups in total. The van der Waals surface area contributed by atoms with Crippen molar-refractivity contribution in [2.24, 2.45) is 7.05 Å². The Morgan fingerprint density at radius 1 is 1.18 bits per heavy atom. The summed E-state index contributed by atoms with van der Waals surface area (Å²) in [6.45, 7) is 8.77. The summed E-state index contributed by atoms with van der Waals surface area (Å²) in [5.74, 6) is -0.0313. The predicted octanol–water partition coefficient (Wildman–Crippen LogP) is 4.43. The lowest BCUT2D eigenvalue weighted by Gasteiger charge is -2.36. The van der Waals surface area contributed by atoms with Crippen molar-refractivity contribution in [3.63, 3.8) is 0 Å². The first-order chi connectivity index (χ1) is 18.9. The molecule has 5 heterocycles. The Labute approximate surface area is 239 Å². The molecule has 0 saturated carbocycles. The summed E-state index contributed by atoms with van der Waals surface area (Å²) in [7, 11) is 1.78. The van der Waals surface area contributed by atoms with Crippen molar-refractivity contribution in [3.05, 3.63) is 16.5 Å². The number of hydrogen-bond donors (Lipinski definition) is 0. The summed E-state index contributed by atoms with van der Waals surface area (Å²) >= 11 is 3.37. The molecule has 1 amide bonds. The quantitative estimate of drug-likeness (QED) is 0.423. The van der Waals surface area contributed by atoms with Crippen molar-refractivity contribution in [1.82, 2.24) is 29.5 Å². The second-order valence-electron chi connectivity index (χ2n) is 12.1. The average Bonchev–Trinajstić information content (AvgIpc) is 3.56. The number of benzene rings is 1. The molecule has 0 unspecified atom stereocenters. The van der Waals surface area contributed by atoms with Crippen molar-refractivity contribution in [3.8, 4) is 6.01 Å². The minimum Gasteiger partial charge on any atom is -0.461 e. The van der Waals surface area contributed by atoms with E-state index >= 15 is 4.39 Å². The highest BCUT2D eigenvalue weighted by Crippen LogP contribution is 2.42. The molecule has 13 heteroatoms.